The highest BCUT2D eigenvalue weighted by Gasteiger charge is 2.24. The van der Waals surface area contributed by atoms with E-state index in [-0.39, 0.29) is 16.8 Å². The van der Waals surface area contributed by atoms with Crippen molar-refractivity contribution in [1.29, 1.82) is 0 Å². The van der Waals surface area contributed by atoms with Gasteiger partial charge in [0.25, 0.3) is 10.0 Å². The van der Waals surface area contributed by atoms with E-state index >= 15 is 0 Å². The molecule has 1 atom stereocenters. The number of rotatable bonds is 11. The third-order valence-corrected chi connectivity index (χ3v) is 8.77. The molecule has 0 saturated heterocycles. The van der Waals surface area contributed by atoms with Crippen molar-refractivity contribution in [3.05, 3.63) is 106 Å². The summed E-state index contributed by atoms with van der Waals surface area (Å²) in [5.41, 5.74) is 3.18. The van der Waals surface area contributed by atoms with Crippen LogP contribution in [0, 0.1) is 0 Å². The molecule has 0 radical (unpaired) electrons. The Balaban J connectivity index is 1.67. The van der Waals surface area contributed by atoms with Crippen molar-refractivity contribution in [3.63, 3.8) is 0 Å². The first-order valence-corrected chi connectivity index (χ1v) is 14.9. The standard InChI is InChI=1S/C30H33N3O4S2/c1-22(23-9-6-5-7-10-23)33(30(34)20-27-11-8-18-38-27)21-24-19-25(12-17-29(24)32(2)3)31-39(35,36)28-15-13-26(37-4)14-16-28/h5-19,22,31H,20-21H2,1-4H3/t22-/m0/s1. The number of thiophene rings is 1. The molecule has 0 saturated carbocycles. The Morgan fingerprint density at radius 1 is 0.974 bits per heavy atom. The lowest BCUT2D eigenvalue weighted by Crippen LogP contribution is -2.34. The first kappa shape index (κ1) is 28.2. The maximum absolute atomic E-state index is 13.7. The van der Waals surface area contributed by atoms with E-state index in [9.17, 15) is 13.2 Å². The van der Waals surface area contributed by atoms with Crippen LogP contribution < -0.4 is 14.4 Å². The third-order valence-electron chi connectivity index (χ3n) is 6.50. The number of ether oxygens (including phenoxy) is 1. The Morgan fingerprint density at radius 3 is 2.31 bits per heavy atom. The van der Waals surface area contributed by atoms with Gasteiger partial charge in [-0.15, -0.1) is 11.3 Å². The average Bonchev–Trinajstić information content (AvgIpc) is 3.44. The molecule has 1 heterocycles. The number of nitrogens with one attached hydrogen (secondary N) is 1. The zero-order valence-corrected chi connectivity index (χ0v) is 24.1. The van der Waals surface area contributed by atoms with Crippen molar-refractivity contribution >= 4 is 38.6 Å². The van der Waals surface area contributed by atoms with Gasteiger partial charge in [-0.3, -0.25) is 9.52 Å². The van der Waals surface area contributed by atoms with E-state index in [1.807, 2.05) is 84.7 Å². The molecule has 1 N–H and O–H groups in total. The van der Waals surface area contributed by atoms with Crippen molar-refractivity contribution in [2.75, 3.05) is 30.8 Å². The van der Waals surface area contributed by atoms with E-state index in [0.717, 1.165) is 21.7 Å². The molecule has 0 aliphatic heterocycles. The number of hydrogen-bond donors (Lipinski definition) is 1. The quantitative estimate of drug-likeness (QED) is 0.244. The van der Waals surface area contributed by atoms with E-state index in [4.69, 9.17) is 4.74 Å². The summed E-state index contributed by atoms with van der Waals surface area (Å²) in [6.07, 6.45) is 0.302. The molecule has 204 valence electrons. The van der Waals surface area contributed by atoms with Gasteiger partial charge in [0.2, 0.25) is 5.91 Å². The lowest BCUT2D eigenvalue weighted by molar-refractivity contribution is -0.133. The Kier molecular flexibility index (Phi) is 8.93. The monoisotopic (exact) mass is 563 g/mol. The van der Waals surface area contributed by atoms with Crippen LogP contribution in [0.3, 0.4) is 0 Å². The summed E-state index contributed by atoms with van der Waals surface area (Å²) in [5, 5.41) is 1.97. The zero-order chi connectivity index (χ0) is 28.0. The van der Waals surface area contributed by atoms with Gasteiger partial charge in [-0.1, -0.05) is 36.4 Å². The third kappa shape index (κ3) is 6.99. The van der Waals surface area contributed by atoms with Gasteiger partial charge >= 0.3 is 0 Å². The van der Waals surface area contributed by atoms with Crippen LogP contribution in [0.4, 0.5) is 11.4 Å². The van der Waals surface area contributed by atoms with Crippen LogP contribution in [0.25, 0.3) is 0 Å². The topological polar surface area (TPSA) is 79.0 Å². The molecular formula is C30H33N3O4S2. The maximum atomic E-state index is 13.7. The number of hydrogen-bond acceptors (Lipinski definition) is 6. The first-order valence-electron chi connectivity index (χ1n) is 12.5. The van der Waals surface area contributed by atoms with Gasteiger partial charge in [0, 0.05) is 36.9 Å². The van der Waals surface area contributed by atoms with Gasteiger partial charge in [0.05, 0.1) is 24.5 Å². The highest BCUT2D eigenvalue weighted by atomic mass is 32.2. The van der Waals surface area contributed by atoms with Crippen LogP contribution in [-0.4, -0.2) is 40.4 Å². The first-order chi connectivity index (χ1) is 18.7. The van der Waals surface area contributed by atoms with Crippen molar-refractivity contribution < 1.29 is 17.9 Å². The number of carbonyl (C=O) groups excluding carboxylic acids is 1. The summed E-state index contributed by atoms with van der Waals surface area (Å²) in [6.45, 7) is 2.33. The minimum Gasteiger partial charge on any atom is -0.497 e. The number of methoxy groups -OCH3 is 1. The summed E-state index contributed by atoms with van der Waals surface area (Å²) >= 11 is 1.56. The van der Waals surface area contributed by atoms with Crippen LogP contribution in [0.2, 0.25) is 0 Å². The number of nitrogens with zero attached hydrogens (tertiary/aromatic N) is 2. The molecule has 3 aromatic carbocycles. The predicted octanol–water partition coefficient (Wildman–Crippen LogP) is 5.96. The molecule has 1 aromatic heterocycles. The van der Waals surface area contributed by atoms with E-state index in [2.05, 4.69) is 4.72 Å². The maximum Gasteiger partial charge on any atom is 0.261 e. The number of benzene rings is 3. The fourth-order valence-corrected chi connectivity index (χ4v) is 6.13. The van der Waals surface area contributed by atoms with Crippen molar-refractivity contribution in [3.8, 4) is 5.75 Å². The van der Waals surface area contributed by atoms with Gasteiger partial charge in [-0.05, 0) is 72.0 Å². The normalized spacial score (nSPS) is 12.0. The van der Waals surface area contributed by atoms with Crippen LogP contribution >= 0.6 is 11.3 Å². The van der Waals surface area contributed by atoms with Gasteiger partial charge in [-0.2, -0.15) is 0 Å². The molecule has 9 heteroatoms. The summed E-state index contributed by atoms with van der Waals surface area (Å²) in [6, 6.07) is 25.3. The highest BCUT2D eigenvalue weighted by Crippen LogP contribution is 2.30. The molecule has 0 fully saturated rings. The fourth-order valence-electron chi connectivity index (χ4n) is 4.38. The fraction of sp³-hybridized carbons (Fsp3) is 0.233. The number of anilines is 2. The van der Waals surface area contributed by atoms with Crippen LogP contribution in [0.15, 0.2) is 95.2 Å². The van der Waals surface area contributed by atoms with Gasteiger partial charge in [0.1, 0.15) is 5.75 Å². The van der Waals surface area contributed by atoms with Gasteiger partial charge < -0.3 is 14.5 Å². The molecule has 0 aliphatic rings. The smallest absolute Gasteiger partial charge is 0.261 e. The summed E-state index contributed by atoms with van der Waals surface area (Å²) in [5.74, 6) is 0.578. The Bertz CT molecular complexity index is 1490. The summed E-state index contributed by atoms with van der Waals surface area (Å²) in [4.78, 5) is 18.6. The number of carbonyl (C=O) groups is 1. The minimum absolute atomic E-state index is 0.00252. The predicted molar refractivity (Wildman–Crippen MR) is 158 cm³/mol. The summed E-state index contributed by atoms with van der Waals surface area (Å²) < 4.78 is 34.0. The Hall–Kier alpha value is -3.82. The van der Waals surface area contributed by atoms with Crippen molar-refractivity contribution in [2.45, 2.75) is 30.8 Å². The number of sulfonamides is 1. The van der Waals surface area contributed by atoms with E-state index < -0.39 is 10.0 Å². The Labute approximate surface area is 234 Å². The highest BCUT2D eigenvalue weighted by molar-refractivity contribution is 7.92. The molecule has 0 unspecified atom stereocenters. The molecule has 0 aliphatic carbocycles. The lowest BCUT2D eigenvalue weighted by atomic mass is 10.0. The van der Waals surface area contributed by atoms with Gasteiger partial charge in [-0.25, -0.2) is 8.42 Å². The number of amides is 1. The second-order valence-corrected chi connectivity index (χ2v) is 12.1. The molecule has 7 nitrogen and oxygen atoms in total. The Morgan fingerprint density at radius 2 is 1.69 bits per heavy atom. The van der Waals surface area contributed by atoms with E-state index in [0.29, 0.717) is 24.4 Å². The summed E-state index contributed by atoms with van der Waals surface area (Å²) in [7, 11) is 1.56. The zero-order valence-electron chi connectivity index (χ0n) is 22.5. The SMILES string of the molecule is COc1ccc(S(=O)(=O)Nc2ccc(N(C)C)c(CN(C(=O)Cc3cccs3)[C@@H](C)c3ccccc3)c2)cc1. The molecule has 1 amide bonds. The van der Waals surface area contributed by atoms with E-state index in [1.54, 1.807) is 35.6 Å². The molecule has 4 rings (SSSR count). The van der Waals surface area contributed by atoms with E-state index in [1.165, 1.54) is 19.2 Å². The van der Waals surface area contributed by atoms with Crippen molar-refractivity contribution in [2.24, 2.45) is 0 Å². The van der Waals surface area contributed by atoms with Crippen LogP contribution in [-0.2, 0) is 27.8 Å². The lowest BCUT2D eigenvalue weighted by Gasteiger charge is -2.31. The molecular weight excluding hydrogens is 530 g/mol. The van der Waals surface area contributed by atoms with Crippen LogP contribution in [0.5, 0.6) is 5.75 Å². The molecule has 39 heavy (non-hydrogen) atoms. The largest absolute Gasteiger partial charge is 0.497 e. The second kappa shape index (κ2) is 12.4. The van der Waals surface area contributed by atoms with Crippen LogP contribution in [0.1, 0.15) is 29.0 Å². The molecule has 0 spiro atoms. The van der Waals surface area contributed by atoms with Gasteiger partial charge in [0.15, 0.2) is 0 Å². The minimum atomic E-state index is -3.82. The second-order valence-electron chi connectivity index (χ2n) is 9.38. The molecule has 4 aromatic rings. The average molecular weight is 564 g/mol. The van der Waals surface area contributed by atoms with Crippen molar-refractivity contribution in [1.82, 2.24) is 4.90 Å². The molecule has 0 bridgehead atoms.